The predicted molar refractivity (Wildman–Crippen MR) is 107 cm³/mol. The zero-order valence-electron chi connectivity index (χ0n) is 15.6. The van der Waals surface area contributed by atoms with Gasteiger partial charge in [0.1, 0.15) is 0 Å². The first-order valence-corrected chi connectivity index (χ1v) is 9.43. The molecule has 1 aromatic heterocycles. The summed E-state index contributed by atoms with van der Waals surface area (Å²) in [5, 5.41) is 12.3. The molecule has 0 unspecified atom stereocenters. The molecule has 0 saturated carbocycles. The first kappa shape index (κ1) is 18.6. The molecule has 0 bridgehead atoms. The fraction of sp³-hybridized carbons (Fsp3) is 0.182. The highest BCUT2D eigenvalue weighted by Gasteiger charge is 2.24. The summed E-state index contributed by atoms with van der Waals surface area (Å²) in [7, 11) is 0. The number of amides is 2. The Labute approximate surface area is 167 Å². The normalized spacial score (nSPS) is 15.2. The molecule has 7 heteroatoms. The van der Waals surface area contributed by atoms with Gasteiger partial charge in [-0.15, -0.1) is 0 Å². The van der Waals surface area contributed by atoms with Crippen molar-refractivity contribution in [3.8, 4) is 0 Å². The number of fused-ring (bicyclic) bond motifs is 1. The minimum Gasteiger partial charge on any atom is -0.345 e. The van der Waals surface area contributed by atoms with Crippen LogP contribution in [-0.4, -0.2) is 33.8 Å². The lowest BCUT2D eigenvalue weighted by Gasteiger charge is -2.22. The van der Waals surface area contributed by atoms with Crippen molar-refractivity contribution in [2.45, 2.75) is 25.3 Å². The van der Waals surface area contributed by atoms with Crippen molar-refractivity contribution >= 4 is 23.3 Å². The van der Waals surface area contributed by atoms with E-state index in [-0.39, 0.29) is 11.8 Å². The number of aryl methyl sites for hydroxylation is 1. The van der Waals surface area contributed by atoms with Crippen LogP contribution in [0.25, 0.3) is 0 Å². The van der Waals surface area contributed by atoms with Crippen molar-refractivity contribution in [3.63, 3.8) is 0 Å². The van der Waals surface area contributed by atoms with Crippen LogP contribution >= 0.6 is 0 Å². The molecule has 1 atom stereocenters. The molecule has 1 heterocycles. The molecule has 146 valence electrons. The van der Waals surface area contributed by atoms with Crippen LogP contribution in [-0.2, 0) is 22.4 Å². The van der Waals surface area contributed by atoms with Crippen LogP contribution in [0.3, 0.4) is 0 Å². The van der Waals surface area contributed by atoms with Gasteiger partial charge in [0.25, 0.3) is 0 Å². The quantitative estimate of drug-likeness (QED) is 0.471. The summed E-state index contributed by atoms with van der Waals surface area (Å²) in [6, 6.07) is 15.3. The summed E-state index contributed by atoms with van der Waals surface area (Å²) >= 11 is 0. The highest BCUT2D eigenvalue weighted by molar-refractivity contribution is 6.39. The number of hydrogen-bond acceptors (Lipinski definition) is 4. The number of carbonyl (C=O) groups excluding carboxylic acids is 3. The van der Waals surface area contributed by atoms with E-state index in [4.69, 9.17) is 0 Å². The molecule has 4 rings (SSSR count). The molecule has 1 aliphatic rings. The molecule has 29 heavy (non-hydrogen) atoms. The van der Waals surface area contributed by atoms with E-state index in [1.54, 1.807) is 54.7 Å². The summed E-state index contributed by atoms with van der Waals surface area (Å²) in [5.74, 6) is -1.60. The van der Waals surface area contributed by atoms with E-state index in [2.05, 4.69) is 20.8 Å². The fourth-order valence-corrected chi connectivity index (χ4v) is 3.47. The number of rotatable bonds is 4. The molecule has 0 aliphatic heterocycles. The second-order valence-corrected chi connectivity index (χ2v) is 7.02. The Hall–Kier alpha value is -3.74. The highest BCUT2D eigenvalue weighted by Crippen LogP contribution is 2.19. The maximum absolute atomic E-state index is 12.6. The smallest absolute Gasteiger partial charge is 0.313 e. The van der Waals surface area contributed by atoms with Crippen molar-refractivity contribution in [2.24, 2.45) is 0 Å². The Morgan fingerprint density at radius 1 is 0.966 bits per heavy atom. The lowest BCUT2D eigenvalue weighted by atomic mass is 9.93. The number of H-pyrrole nitrogens is 1. The van der Waals surface area contributed by atoms with Gasteiger partial charge in [-0.1, -0.05) is 42.5 Å². The Balaban J connectivity index is 1.38. The topological polar surface area (TPSA) is 104 Å². The van der Waals surface area contributed by atoms with Gasteiger partial charge in [0.2, 0.25) is 0 Å². The SMILES string of the molecule is O=C(Nc1cccc(C(=O)c2ccccc2)c1)C(=O)N[C@H]1CCc2[nH]ncc2C1. The Morgan fingerprint density at radius 3 is 2.59 bits per heavy atom. The Kier molecular flexibility index (Phi) is 5.20. The molecule has 2 aromatic carbocycles. The summed E-state index contributed by atoms with van der Waals surface area (Å²) in [6.45, 7) is 0. The molecule has 7 nitrogen and oxygen atoms in total. The molecule has 0 fully saturated rings. The molecule has 1 aliphatic carbocycles. The third kappa shape index (κ3) is 4.24. The van der Waals surface area contributed by atoms with Gasteiger partial charge in [0.15, 0.2) is 5.78 Å². The molecule has 0 radical (unpaired) electrons. The van der Waals surface area contributed by atoms with Crippen LogP contribution < -0.4 is 10.6 Å². The molecule has 3 aromatic rings. The second kappa shape index (κ2) is 8.10. The molecular formula is C22H20N4O3. The van der Waals surface area contributed by atoms with E-state index in [1.165, 1.54) is 0 Å². The van der Waals surface area contributed by atoms with Crippen LogP contribution in [0.5, 0.6) is 0 Å². The number of aromatic amines is 1. The molecule has 0 spiro atoms. The van der Waals surface area contributed by atoms with Crippen molar-refractivity contribution < 1.29 is 14.4 Å². The summed E-state index contributed by atoms with van der Waals surface area (Å²) in [5.41, 5.74) is 3.54. The lowest BCUT2D eigenvalue weighted by molar-refractivity contribution is -0.136. The summed E-state index contributed by atoms with van der Waals surface area (Å²) in [6.07, 6.45) is 3.93. The van der Waals surface area contributed by atoms with Crippen molar-refractivity contribution in [2.75, 3.05) is 5.32 Å². The Bertz CT molecular complexity index is 1060. The zero-order valence-corrected chi connectivity index (χ0v) is 15.6. The van der Waals surface area contributed by atoms with Gasteiger partial charge in [0.05, 0.1) is 6.20 Å². The number of nitrogens with one attached hydrogen (secondary N) is 3. The van der Waals surface area contributed by atoms with Crippen LogP contribution in [0, 0.1) is 0 Å². The van der Waals surface area contributed by atoms with E-state index in [0.717, 1.165) is 24.1 Å². The largest absolute Gasteiger partial charge is 0.345 e. The average Bonchev–Trinajstić information content (AvgIpc) is 3.22. The fourth-order valence-electron chi connectivity index (χ4n) is 3.47. The van der Waals surface area contributed by atoms with E-state index >= 15 is 0 Å². The van der Waals surface area contributed by atoms with Crippen LogP contribution in [0.15, 0.2) is 60.8 Å². The minimum absolute atomic E-state index is 0.107. The number of hydrogen-bond donors (Lipinski definition) is 3. The maximum atomic E-state index is 12.6. The number of anilines is 1. The molecule has 0 saturated heterocycles. The lowest BCUT2D eigenvalue weighted by Crippen LogP contribution is -2.44. The van der Waals surface area contributed by atoms with E-state index in [0.29, 0.717) is 23.2 Å². The predicted octanol–water partition coefficient (Wildman–Crippen LogP) is 2.25. The van der Waals surface area contributed by atoms with Crippen LogP contribution in [0.2, 0.25) is 0 Å². The Morgan fingerprint density at radius 2 is 1.76 bits per heavy atom. The van der Waals surface area contributed by atoms with E-state index in [9.17, 15) is 14.4 Å². The van der Waals surface area contributed by atoms with Gasteiger partial charge in [-0.3, -0.25) is 19.5 Å². The van der Waals surface area contributed by atoms with Crippen molar-refractivity contribution in [1.82, 2.24) is 15.5 Å². The van der Waals surface area contributed by atoms with Gasteiger partial charge >= 0.3 is 11.8 Å². The third-order valence-electron chi connectivity index (χ3n) is 4.98. The molecular weight excluding hydrogens is 368 g/mol. The van der Waals surface area contributed by atoms with Crippen LogP contribution in [0.4, 0.5) is 5.69 Å². The van der Waals surface area contributed by atoms with Gasteiger partial charge in [0, 0.05) is 28.6 Å². The molecule has 2 amide bonds. The van der Waals surface area contributed by atoms with E-state index < -0.39 is 11.8 Å². The summed E-state index contributed by atoms with van der Waals surface area (Å²) in [4.78, 5) is 37.2. The highest BCUT2D eigenvalue weighted by atomic mass is 16.2. The number of carbonyl (C=O) groups is 3. The monoisotopic (exact) mass is 388 g/mol. The van der Waals surface area contributed by atoms with Gasteiger partial charge in [-0.25, -0.2) is 0 Å². The molecule has 3 N–H and O–H groups in total. The maximum Gasteiger partial charge on any atom is 0.313 e. The minimum atomic E-state index is -0.757. The van der Waals surface area contributed by atoms with Crippen molar-refractivity contribution in [3.05, 3.63) is 83.2 Å². The number of aromatic nitrogens is 2. The first-order chi connectivity index (χ1) is 14.1. The first-order valence-electron chi connectivity index (χ1n) is 9.43. The average molecular weight is 388 g/mol. The van der Waals surface area contributed by atoms with Gasteiger partial charge < -0.3 is 10.6 Å². The zero-order chi connectivity index (χ0) is 20.2. The number of nitrogens with zero attached hydrogens (tertiary/aromatic N) is 1. The third-order valence-corrected chi connectivity index (χ3v) is 4.98. The van der Waals surface area contributed by atoms with E-state index in [1.807, 2.05) is 6.07 Å². The van der Waals surface area contributed by atoms with Gasteiger partial charge in [-0.05, 0) is 37.0 Å². The second-order valence-electron chi connectivity index (χ2n) is 7.02. The van der Waals surface area contributed by atoms with Crippen LogP contribution in [0.1, 0.15) is 33.6 Å². The summed E-state index contributed by atoms with van der Waals surface area (Å²) < 4.78 is 0. The van der Waals surface area contributed by atoms with Crippen molar-refractivity contribution in [1.29, 1.82) is 0 Å². The van der Waals surface area contributed by atoms with Gasteiger partial charge in [-0.2, -0.15) is 5.10 Å². The number of benzene rings is 2. The number of ketones is 1. The standard InChI is InChI=1S/C22H20N4O3/c27-20(14-5-2-1-3-6-14)15-7-4-8-17(11-15)24-21(28)22(29)25-18-9-10-19-16(12-18)13-23-26-19/h1-8,11,13,18H,9-10,12H2,(H,23,26)(H,24,28)(H,25,29)/t18-/m0/s1.